The average molecular weight is 208 g/mol. The third kappa shape index (κ3) is 2.48. The highest BCUT2D eigenvalue weighted by atomic mass is 19.1. The van der Waals surface area contributed by atoms with Gasteiger partial charge in [0.05, 0.1) is 0 Å². The smallest absolute Gasteiger partial charge is 0.125 e. The highest BCUT2D eigenvalue weighted by Crippen LogP contribution is 2.23. The van der Waals surface area contributed by atoms with Crippen LogP contribution in [0.1, 0.15) is 6.42 Å². The summed E-state index contributed by atoms with van der Waals surface area (Å²) in [6.07, 6.45) is 1.19. The first-order valence-corrected chi connectivity index (χ1v) is 5.44. The second-order valence-corrected chi connectivity index (χ2v) is 4.14. The molecule has 1 fully saturated rings. The maximum Gasteiger partial charge on any atom is 0.125 e. The largest absolute Gasteiger partial charge is 0.371 e. The van der Waals surface area contributed by atoms with Crippen LogP contribution >= 0.6 is 0 Å². The van der Waals surface area contributed by atoms with Crippen LogP contribution in [0.4, 0.5) is 10.1 Å². The van der Waals surface area contributed by atoms with E-state index in [4.69, 9.17) is 0 Å². The molecule has 0 amide bonds. The van der Waals surface area contributed by atoms with E-state index in [0.717, 1.165) is 25.3 Å². The fraction of sp³-hybridized carbons (Fsp3) is 0.500. The zero-order chi connectivity index (χ0) is 10.7. The van der Waals surface area contributed by atoms with Gasteiger partial charge in [0, 0.05) is 18.8 Å². The Balaban J connectivity index is 2.01. The molecule has 1 aliphatic heterocycles. The molecule has 0 spiro atoms. The van der Waals surface area contributed by atoms with Crippen LogP contribution < -0.4 is 10.2 Å². The molecule has 0 aliphatic carbocycles. The second kappa shape index (κ2) is 4.62. The molecule has 0 bridgehead atoms. The summed E-state index contributed by atoms with van der Waals surface area (Å²) >= 11 is 0. The summed E-state index contributed by atoms with van der Waals surface area (Å²) in [6, 6.07) is 6.85. The van der Waals surface area contributed by atoms with Gasteiger partial charge in [0.1, 0.15) is 5.82 Å². The van der Waals surface area contributed by atoms with Gasteiger partial charge in [-0.2, -0.15) is 0 Å². The number of anilines is 1. The summed E-state index contributed by atoms with van der Waals surface area (Å²) in [6.45, 7) is 3.12. The molecule has 1 aromatic rings. The first-order valence-electron chi connectivity index (χ1n) is 5.44. The van der Waals surface area contributed by atoms with Crippen LogP contribution in [0.5, 0.6) is 0 Å². The highest BCUT2D eigenvalue weighted by molar-refractivity contribution is 5.47. The maximum atomic E-state index is 13.0. The van der Waals surface area contributed by atoms with Crippen molar-refractivity contribution < 1.29 is 4.39 Å². The van der Waals surface area contributed by atoms with Crippen molar-refractivity contribution in [2.75, 3.05) is 31.6 Å². The van der Waals surface area contributed by atoms with Gasteiger partial charge in [0.25, 0.3) is 0 Å². The lowest BCUT2D eigenvalue weighted by molar-refractivity contribution is 0.549. The van der Waals surface area contributed by atoms with E-state index in [1.165, 1.54) is 12.5 Å². The normalized spacial score (nSPS) is 20.9. The number of nitrogens with zero attached hydrogens (tertiary/aromatic N) is 1. The van der Waals surface area contributed by atoms with E-state index >= 15 is 0 Å². The van der Waals surface area contributed by atoms with Crippen LogP contribution in [0.3, 0.4) is 0 Å². The van der Waals surface area contributed by atoms with E-state index in [9.17, 15) is 4.39 Å². The Labute approximate surface area is 90.1 Å². The molecular formula is C12H17FN2. The topological polar surface area (TPSA) is 15.3 Å². The van der Waals surface area contributed by atoms with Gasteiger partial charge >= 0.3 is 0 Å². The van der Waals surface area contributed by atoms with Gasteiger partial charge in [-0.05, 0) is 44.1 Å². The first kappa shape index (κ1) is 10.4. The Morgan fingerprint density at radius 3 is 3.13 bits per heavy atom. The second-order valence-electron chi connectivity index (χ2n) is 4.14. The van der Waals surface area contributed by atoms with Crippen LogP contribution in [-0.4, -0.2) is 26.7 Å². The van der Waals surface area contributed by atoms with Gasteiger partial charge in [-0.1, -0.05) is 6.07 Å². The molecule has 0 aromatic heterocycles. The predicted molar refractivity (Wildman–Crippen MR) is 60.6 cm³/mol. The van der Waals surface area contributed by atoms with Crippen LogP contribution in [-0.2, 0) is 0 Å². The van der Waals surface area contributed by atoms with Crippen LogP contribution in [0.25, 0.3) is 0 Å². The summed E-state index contributed by atoms with van der Waals surface area (Å²) in [7, 11) is 1.98. The zero-order valence-electron chi connectivity index (χ0n) is 9.04. The Morgan fingerprint density at radius 1 is 1.53 bits per heavy atom. The first-order chi connectivity index (χ1) is 7.29. The van der Waals surface area contributed by atoms with E-state index in [2.05, 4.69) is 10.2 Å². The van der Waals surface area contributed by atoms with Crippen molar-refractivity contribution >= 4 is 5.69 Å². The van der Waals surface area contributed by atoms with Gasteiger partial charge in [-0.15, -0.1) is 0 Å². The number of nitrogens with one attached hydrogen (secondary N) is 1. The third-order valence-electron chi connectivity index (χ3n) is 2.95. The molecule has 1 unspecified atom stereocenters. The van der Waals surface area contributed by atoms with Gasteiger partial charge in [-0.25, -0.2) is 4.39 Å². The number of hydrogen-bond donors (Lipinski definition) is 1. The summed E-state index contributed by atoms with van der Waals surface area (Å²) in [4.78, 5) is 2.26. The van der Waals surface area contributed by atoms with Crippen LogP contribution in [0.15, 0.2) is 24.3 Å². The predicted octanol–water partition coefficient (Wildman–Crippen LogP) is 1.87. The molecule has 0 saturated carbocycles. The maximum absolute atomic E-state index is 13.0. The Hall–Kier alpha value is -1.09. The lowest BCUT2D eigenvalue weighted by Gasteiger charge is -2.18. The minimum atomic E-state index is -0.149. The molecule has 82 valence electrons. The molecule has 1 aliphatic rings. The van der Waals surface area contributed by atoms with Crippen molar-refractivity contribution in [3.63, 3.8) is 0 Å². The number of hydrogen-bond acceptors (Lipinski definition) is 2. The van der Waals surface area contributed by atoms with Crippen molar-refractivity contribution in [1.29, 1.82) is 0 Å². The number of benzene rings is 1. The minimum Gasteiger partial charge on any atom is -0.371 e. The zero-order valence-corrected chi connectivity index (χ0v) is 9.04. The molecule has 2 nitrogen and oxygen atoms in total. The van der Waals surface area contributed by atoms with Crippen molar-refractivity contribution in [2.45, 2.75) is 6.42 Å². The van der Waals surface area contributed by atoms with Crippen LogP contribution in [0, 0.1) is 11.7 Å². The fourth-order valence-corrected chi connectivity index (χ4v) is 2.20. The van der Waals surface area contributed by atoms with Crippen molar-refractivity contribution in [1.82, 2.24) is 5.32 Å². The van der Waals surface area contributed by atoms with Gasteiger partial charge < -0.3 is 10.2 Å². The molecule has 1 heterocycles. The summed E-state index contributed by atoms with van der Waals surface area (Å²) < 4.78 is 13.0. The van der Waals surface area contributed by atoms with Crippen LogP contribution in [0.2, 0.25) is 0 Å². The molecular weight excluding hydrogens is 191 g/mol. The Kier molecular flexibility index (Phi) is 3.21. The highest BCUT2D eigenvalue weighted by Gasteiger charge is 2.21. The molecule has 1 atom stereocenters. The Bertz CT molecular complexity index is 327. The lowest BCUT2D eigenvalue weighted by atomic mass is 10.1. The van der Waals surface area contributed by atoms with Crippen molar-refractivity contribution in [3.05, 3.63) is 30.1 Å². The van der Waals surface area contributed by atoms with E-state index < -0.39 is 0 Å². The molecule has 3 heteroatoms. The van der Waals surface area contributed by atoms with E-state index in [1.54, 1.807) is 12.1 Å². The summed E-state index contributed by atoms with van der Waals surface area (Å²) in [5.74, 6) is 0.544. The molecule has 1 aromatic carbocycles. The van der Waals surface area contributed by atoms with Gasteiger partial charge in [-0.3, -0.25) is 0 Å². The summed E-state index contributed by atoms with van der Waals surface area (Å²) in [5.41, 5.74) is 1.01. The van der Waals surface area contributed by atoms with Crippen molar-refractivity contribution in [2.24, 2.45) is 5.92 Å². The molecule has 15 heavy (non-hydrogen) atoms. The Morgan fingerprint density at radius 2 is 2.40 bits per heavy atom. The van der Waals surface area contributed by atoms with Gasteiger partial charge in [0.15, 0.2) is 0 Å². The van der Waals surface area contributed by atoms with E-state index in [-0.39, 0.29) is 5.82 Å². The monoisotopic (exact) mass is 208 g/mol. The van der Waals surface area contributed by atoms with E-state index in [1.807, 2.05) is 13.1 Å². The minimum absolute atomic E-state index is 0.149. The quantitative estimate of drug-likeness (QED) is 0.815. The van der Waals surface area contributed by atoms with E-state index in [0.29, 0.717) is 5.92 Å². The lowest BCUT2D eigenvalue weighted by Crippen LogP contribution is -2.24. The molecule has 2 rings (SSSR count). The molecule has 1 N–H and O–H groups in total. The van der Waals surface area contributed by atoms with Crippen molar-refractivity contribution in [3.8, 4) is 0 Å². The average Bonchev–Trinajstić information content (AvgIpc) is 2.67. The molecule has 0 radical (unpaired) electrons. The standard InChI is InChI=1S/C12H17FN2/c1-14-8-10-5-6-15(9-10)12-4-2-3-11(13)7-12/h2-4,7,10,14H,5-6,8-9H2,1H3. The SMILES string of the molecule is CNCC1CCN(c2cccc(F)c2)C1. The van der Waals surface area contributed by atoms with Gasteiger partial charge in [0.2, 0.25) is 0 Å². The number of halogens is 1. The molecule has 1 saturated heterocycles. The third-order valence-corrected chi connectivity index (χ3v) is 2.95. The number of rotatable bonds is 3. The summed E-state index contributed by atoms with van der Waals surface area (Å²) in [5, 5.41) is 3.19. The fourth-order valence-electron chi connectivity index (χ4n) is 2.20.